The van der Waals surface area contributed by atoms with Crippen LogP contribution in [0.5, 0.6) is 0 Å². The predicted molar refractivity (Wildman–Crippen MR) is 56.8 cm³/mol. The van der Waals surface area contributed by atoms with Crippen LogP contribution >= 0.6 is 15.9 Å². The maximum Gasteiger partial charge on any atom is 0.416 e. The first-order chi connectivity index (χ1) is 7.11. The van der Waals surface area contributed by atoms with Gasteiger partial charge in [0.25, 0.3) is 0 Å². The van der Waals surface area contributed by atoms with E-state index in [2.05, 4.69) is 15.9 Å². The Labute approximate surface area is 91.6 Å². The van der Waals surface area contributed by atoms with Crippen LogP contribution in [-0.2, 0) is 0 Å². The van der Waals surface area contributed by atoms with E-state index in [-0.39, 0.29) is 4.47 Å². The molecule has 0 aliphatic rings. The molecule has 1 aromatic carbocycles. The molecule has 0 aliphatic carbocycles. The van der Waals surface area contributed by atoms with Crippen LogP contribution in [0.3, 0.4) is 0 Å². The summed E-state index contributed by atoms with van der Waals surface area (Å²) in [6.45, 7) is 0. The molecule has 0 atom stereocenters. The summed E-state index contributed by atoms with van der Waals surface area (Å²) in [5, 5.41) is 11.1. The molecule has 0 saturated carbocycles. The van der Waals surface area contributed by atoms with E-state index >= 15 is 0 Å². The molecule has 15 heavy (non-hydrogen) atoms. The molecule has 0 aliphatic heterocycles. The first-order valence-corrected chi connectivity index (χ1v) is 4.76. The smallest absolute Gasteiger partial charge is 0.416 e. The summed E-state index contributed by atoms with van der Waals surface area (Å²) in [5.74, 6) is 0. The number of para-hydroxylation sites is 1. The number of hydrogen-bond acceptors (Lipinski definition) is 4. The van der Waals surface area contributed by atoms with E-state index in [1.54, 1.807) is 24.3 Å². The van der Waals surface area contributed by atoms with Gasteiger partial charge in [0.2, 0.25) is 0 Å². The van der Waals surface area contributed by atoms with E-state index in [4.69, 9.17) is 4.42 Å². The summed E-state index contributed by atoms with van der Waals surface area (Å²) < 4.78 is 4.96. The maximum absolute atomic E-state index is 11.3. The number of fused-ring (bicyclic) bond motifs is 1. The van der Waals surface area contributed by atoms with Crippen LogP contribution in [0, 0.1) is 10.1 Å². The Kier molecular flexibility index (Phi) is 2.28. The topological polar surface area (TPSA) is 73.3 Å². The molecular weight excluding hydrogens is 266 g/mol. The van der Waals surface area contributed by atoms with E-state index in [9.17, 15) is 14.9 Å². The first kappa shape index (κ1) is 9.85. The van der Waals surface area contributed by atoms with Gasteiger partial charge in [-0.1, -0.05) is 12.1 Å². The highest BCUT2D eigenvalue weighted by Crippen LogP contribution is 2.29. The van der Waals surface area contributed by atoms with Crippen molar-refractivity contribution in [2.24, 2.45) is 0 Å². The third-order valence-corrected chi connectivity index (χ3v) is 2.71. The standard InChI is InChI=1S/C9H4BrNO4/c10-7-5-3-1-2-4-6(5)15-9(12)8(7)11(13)14/h1-4H. The van der Waals surface area contributed by atoms with Crippen molar-refractivity contribution in [1.82, 2.24) is 0 Å². The molecule has 0 radical (unpaired) electrons. The SMILES string of the molecule is O=c1oc2ccccc2c(Br)c1[N+](=O)[O-]. The molecule has 1 heterocycles. The van der Waals surface area contributed by atoms with Crippen molar-refractivity contribution in [3.63, 3.8) is 0 Å². The van der Waals surface area contributed by atoms with E-state index in [0.29, 0.717) is 11.0 Å². The summed E-state index contributed by atoms with van der Waals surface area (Å²) in [4.78, 5) is 21.1. The van der Waals surface area contributed by atoms with Gasteiger partial charge >= 0.3 is 11.3 Å². The summed E-state index contributed by atoms with van der Waals surface area (Å²) in [5.41, 5.74) is -1.21. The summed E-state index contributed by atoms with van der Waals surface area (Å²) in [6.07, 6.45) is 0. The minimum absolute atomic E-state index is 0.152. The lowest BCUT2D eigenvalue weighted by Gasteiger charge is -1.98. The molecule has 76 valence electrons. The highest BCUT2D eigenvalue weighted by molar-refractivity contribution is 9.10. The van der Waals surface area contributed by atoms with Gasteiger partial charge in [0.15, 0.2) is 0 Å². The van der Waals surface area contributed by atoms with Crippen LogP contribution < -0.4 is 5.63 Å². The molecule has 2 aromatic rings. The Morgan fingerprint density at radius 1 is 1.33 bits per heavy atom. The first-order valence-electron chi connectivity index (χ1n) is 3.97. The summed E-state index contributed by atoms with van der Waals surface area (Å²) in [7, 11) is 0. The molecule has 0 saturated heterocycles. The number of hydrogen-bond donors (Lipinski definition) is 0. The molecule has 0 N–H and O–H groups in total. The van der Waals surface area contributed by atoms with Crippen molar-refractivity contribution in [2.75, 3.05) is 0 Å². The van der Waals surface area contributed by atoms with Crippen molar-refractivity contribution in [1.29, 1.82) is 0 Å². The highest BCUT2D eigenvalue weighted by Gasteiger charge is 2.22. The Hall–Kier alpha value is -1.69. The van der Waals surface area contributed by atoms with E-state index in [1.165, 1.54) is 0 Å². The predicted octanol–water partition coefficient (Wildman–Crippen LogP) is 2.46. The van der Waals surface area contributed by atoms with Gasteiger partial charge in [0, 0.05) is 5.39 Å². The van der Waals surface area contributed by atoms with Crippen LogP contribution in [0.25, 0.3) is 11.0 Å². The number of nitro groups is 1. The fourth-order valence-electron chi connectivity index (χ4n) is 1.26. The van der Waals surface area contributed by atoms with Crippen molar-refractivity contribution < 1.29 is 9.34 Å². The zero-order valence-corrected chi connectivity index (χ0v) is 8.85. The van der Waals surface area contributed by atoms with Gasteiger partial charge in [0.05, 0.1) is 4.92 Å². The molecule has 0 spiro atoms. The lowest BCUT2D eigenvalue weighted by molar-refractivity contribution is -0.388. The third kappa shape index (κ3) is 1.52. The quantitative estimate of drug-likeness (QED) is 0.453. The average molecular weight is 270 g/mol. The molecule has 0 bridgehead atoms. The fourth-order valence-corrected chi connectivity index (χ4v) is 1.89. The molecule has 2 rings (SSSR count). The number of halogens is 1. The third-order valence-electron chi connectivity index (χ3n) is 1.91. The average Bonchev–Trinajstić information content (AvgIpc) is 2.17. The van der Waals surface area contributed by atoms with Crippen LogP contribution in [0.4, 0.5) is 5.69 Å². The monoisotopic (exact) mass is 269 g/mol. The van der Waals surface area contributed by atoms with Crippen LogP contribution in [0.1, 0.15) is 0 Å². The molecule has 1 aromatic heterocycles. The van der Waals surface area contributed by atoms with Crippen molar-refractivity contribution >= 4 is 32.6 Å². The van der Waals surface area contributed by atoms with Crippen LogP contribution in [0.15, 0.2) is 37.9 Å². The summed E-state index contributed by atoms with van der Waals surface area (Å²) >= 11 is 3.03. The molecule has 6 heteroatoms. The minimum Gasteiger partial charge on any atom is -0.418 e. The Morgan fingerprint density at radius 3 is 2.67 bits per heavy atom. The zero-order valence-electron chi connectivity index (χ0n) is 7.27. The maximum atomic E-state index is 11.3. The number of benzene rings is 1. The van der Waals surface area contributed by atoms with E-state index in [1.807, 2.05) is 0 Å². The number of rotatable bonds is 1. The molecule has 0 unspecified atom stereocenters. The zero-order chi connectivity index (χ0) is 11.0. The van der Waals surface area contributed by atoms with Gasteiger partial charge in [-0.3, -0.25) is 10.1 Å². The van der Waals surface area contributed by atoms with Crippen LogP contribution in [0.2, 0.25) is 0 Å². The highest BCUT2D eigenvalue weighted by atomic mass is 79.9. The van der Waals surface area contributed by atoms with E-state index < -0.39 is 16.2 Å². The lowest BCUT2D eigenvalue weighted by atomic mass is 10.2. The summed E-state index contributed by atoms with van der Waals surface area (Å²) in [6, 6.07) is 6.60. The van der Waals surface area contributed by atoms with Gasteiger partial charge in [-0.05, 0) is 28.1 Å². The van der Waals surface area contributed by atoms with Crippen molar-refractivity contribution in [2.45, 2.75) is 0 Å². The molecule has 0 fully saturated rings. The second kappa shape index (κ2) is 3.47. The second-order valence-corrected chi connectivity index (χ2v) is 3.60. The molecular formula is C9H4BrNO4. The Bertz CT molecular complexity index is 605. The van der Waals surface area contributed by atoms with E-state index in [0.717, 1.165) is 0 Å². The Balaban J connectivity index is 2.97. The van der Waals surface area contributed by atoms with Gasteiger partial charge in [-0.2, -0.15) is 0 Å². The Morgan fingerprint density at radius 2 is 2.00 bits per heavy atom. The number of nitrogens with zero attached hydrogens (tertiary/aromatic N) is 1. The minimum atomic E-state index is -0.953. The molecule has 0 amide bonds. The normalized spacial score (nSPS) is 10.5. The molecule has 5 nitrogen and oxygen atoms in total. The van der Waals surface area contributed by atoms with Gasteiger partial charge in [0.1, 0.15) is 10.1 Å². The van der Waals surface area contributed by atoms with Gasteiger partial charge in [-0.15, -0.1) is 0 Å². The fraction of sp³-hybridized carbons (Fsp3) is 0. The largest absolute Gasteiger partial charge is 0.418 e. The van der Waals surface area contributed by atoms with Gasteiger partial charge < -0.3 is 4.42 Å². The lowest BCUT2D eigenvalue weighted by Crippen LogP contribution is -2.07. The van der Waals surface area contributed by atoms with Gasteiger partial charge in [-0.25, -0.2) is 4.79 Å². The second-order valence-electron chi connectivity index (χ2n) is 2.81. The van der Waals surface area contributed by atoms with Crippen molar-refractivity contribution in [3.05, 3.63) is 49.3 Å². The van der Waals surface area contributed by atoms with Crippen molar-refractivity contribution in [3.8, 4) is 0 Å². The van der Waals surface area contributed by atoms with Crippen LogP contribution in [-0.4, -0.2) is 4.92 Å².